The Kier molecular flexibility index (Phi) is 5.91. The van der Waals surface area contributed by atoms with E-state index in [1.165, 1.54) is 42.5 Å². The number of amides is 1. The van der Waals surface area contributed by atoms with E-state index in [0.717, 1.165) is 0 Å². The maximum Gasteiger partial charge on any atom is 0.288 e. The second kappa shape index (κ2) is 7.94. The van der Waals surface area contributed by atoms with Crippen LogP contribution < -0.4 is 5.32 Å². The third kappa shape index (κ3) is 4.56. The summed E-state index contributed by atoms with van der Waals surface area (Å²) in [6.45, 7) is 1.59. The fourth-order valence-electron chi connectivity index (χ4n) is 2.06. The summed E-state index contributed by atoms with van der Waals surface area (Å²) in [5.74, 6) is -0.532. The van der Waals surface area contributed by atoms with Crippen molar-refractivity contribution in [3.63, 3.8) is 0 Å². The average Bonchev–Trinajstić information content (AvgIpc) is 2.56. The van der Waals surface area contributed by atoms with E-state index >= 15 is 0 Å². The lowest BCUT2D eigenvalue weighted by molar-refractivity contribution is -0.384. The fraction of sp³-hybridized carbons (Fsp3) is 0.0625. The molecule has 0 spiro atoms. The molecule has 0 heterocycles. The van der Waals surface area contributed by atoms with E-state index in [9.17, 15) is 25.0 Å². The zero-order valence-corrected chi connectivity index (χ0v) is 14.7. The summed E-state index contributed by atoms with van der Waals surface area (Å²) >= 11 is 11.6. The van der Waals surface area contributed by atoms with Crippen LogP contribution >= 0.6 is 23.2 Å². The van der Waals surface area contributed by atoms with Crippen molar-refractivity contribution in [3.05, 3.63) is 77.8 Å². The maximum atomic E-state index is 12.0. The van der Waals surface area contributed by atoms with Gasteiger partial charge in [-0.1, -0.05) is 29.3 Å². The van der Waals surface area contributed by atoms with E-state index < -0.39 is 15.8 Å². The maximum absolute atomic E-state index is 12.0. The van der Waals surface area contributed by atoms with Gasteiger partial charge in [-0.05, 0) is 36.3 Å². The molecule has 0 bridgehead atoms. The Hall–Kier alpha value is -2.97. The Bertz CT molecular complexity index is 944. The highest BCUT2D eigenvalue weighted by Crippen LogP contribution is 2.30. The molecule has 0 saturated carbocycles. The third-order valence-electron chi connectivity index (χ3n) is 3.34. The van der Waals surface area contributed by atoms with Gasteiger partial charge in [-0.15, -0.1) is 0 Å². The summed E-state index contributed by atoms with van der Waals surface area (Å²) in [5.41, 5.74) is 0.662. The van der Waals surface area contributed by atoms with Gasteiger partial charge >= 0.3 is 0 Å². The molecule has 134 valence electrons. The summed E-state index contributed by atoms with van der Waals surface area (Å²) in [6.07, 6.45) is 2.54. The standard InChI is InChI=1S/C16H11Cl2N3O5/c1-9-6-14(20(23)24)12(18)8-13(9)19-16(22)5-3-10-2-4-11(17)15(7-10)21(25)26/h2-8H,1H3,(H,19,22)/b5-3+. The van der Waals surface area contributed by atoms with Crippen LogP contribution in [0.2, 0.25) is 10.0 Å². The lowest BCUT2D eigenvalue weighted by Gasteiger charge is -2.07. The van der Waals surface area contributed by atoms with Crippen molar-refractivity contribution in [2.75, 3.05) is 5.32 Å². The lowest BCUT2D eigenvalue weighted by Crippen LogP contribution is -2.09. The summed E-state index contributed by atoms with van der Waals surface area (Å²) in [7, 11) is 0. The molecule has 2 aromatic rings. The van der Waals surface area contributed by atoms with Gasteiger partial charge in [0.2, 0.25) is 5.91 Å². The highest BCUT2D eigenvalue weighted by molar-refractivity contribution is 6.33. The number of nitrogens with one attached hydrogen (secondary N) is 1. The number of nitro groups is 2. The number of rotatable bonds is 5. The smallest absolute Gasteiger partial charge is 0.288 e. The minimum Gasteiger partial charge on any atom is -0.322 e. The number of benzene rings is 2. The molecule has 0 saturated heterocycles. The summed E-state index contributed by atoms with van der Waals surface area (Å²) in [5, 5.41) is 24.1. The molecule has 1 N–H and O–H groups in total. The van der Waals surface area contributed by atoms with Crippen molar-refractivity contribution in [2.24, 2.45) is 0 Å². The van der Waals surface area contributed by atoms with Crippen LogP contribution in [0.4, 0.5) is 17.1 Å². The Morgan fingerprint density at radius 3 is 2.27 bits per heavy atom. The molecule has 0 unspecified atom stereocenters. The molecule has 0 atom stereocenters. The summed E-state index contributed by atoms with van der Waals surface area (Å²) < 4.78 is 0. The average molecular weight is 396 g/mol. The first-order chi connectivity index (χ1) is 12.2. The van der Waals surface area contributed by atoms with Crippen molar-refractivity contribution in [3.8, 4) is 0 Å². The molecule has 0 aliphatic rings. The number of nitrogens with zero attached hydrogens (tertiary/aromatic N) is 2. The minimum absolute atomic E-state index is 0.00671. The number of carbonyl (C=O) groups excluding carboxylic acids is 1. The van der Waals surface area contributed by atoms with Crippen LogP contribution in [0.3, 0.4) is 0 Å². The molecular formula is C16H11Cl2N3O5. The molecule has 0 aliphatic carbocycles. The van der Waals surface area contributed by atoms with Crippen LogP contribution in [0.15, 0.2) is 36.4 Å². The molecule has 10 heteroatoms. The van der Waals surface area contributed by atoms with Crippen molar-refractivity contribution in [2.45, 2.75) is 6.92 Å². The lowest BCUT2D eigenvalue weighted by atomic mass is 10.1. The van der Waals surface area contributed by atoms with E-state index in [1.54, 1.807) is 6.92 Å². The fourth-order valence-corrected chi connectivity index (χ4v) is 2.48. The van der Waals surface area contributed by atoms with E-state index in [4.69, 9.17) is 23.2 Å². The van der Waals surface area contributed by atoms with Crippen LogP contribution in [-0.2, 0) is 4.79 Å². The third-order valence-corrected chi connectivity index (χ3v) is 3.96. The van der Waals surface area contributed by atoms with E-state index in [-0.39, 0.29) is 21.4 Å². The predicted octanol–water partition coefficient (Wildman–Crippen LogP) is 4.77. The molecule has 26 heavy (non-hydrogen) atoms. The number of carbonyl (C=O) groups is 1. The van der Waals surface area contributed by atoms with Crippen LogP contribution in [0.1, 0.15) is 11.1 Å². The van der Waals surface area contributed by atoms with Crippen LogP contribution in [0.25, 0.3) is 6.08 Å². The summed E-state index contributed by atoms with van der Waals surface area (Å²) in [6, 6.07) is 6.66. The van der Waals surface area contributed by atoms with Gasteiger partial charge in [-0.25, -0.2) is 0 Å². The van der Waals surface area contributed by atoms with Crippen LogP contribution in [0, 0.1) is 27.2 Å². The molecule has 0 fully saturated rings. The van der Waals surface area contributed by atoms with Gasteiger partial charge in [-0.3, -0.25) is 25.0 Å². The monoisotopic (exact) mass is 395 g/mol. The van der Waals surface area contributed by atoms with E-state index in [2.05, 4.69) is 5.32 Å². The number of nitro benzene ring substituents is 2. The van der Waals surface area contributed by atoms with Crippen molar-refractivity contribution >= 4 is 52.2 Å². The highest BCUT2D eigenvalue weighted by Gasteiger charge is 2.16. The van der Waals surface area contributed by atoms with Gasteiger partial charge in [0.05, 0.1) is 9.85 Å². The predicted molar refractivity (Wildman–Crippen MR) is 98.6 cm³/mol. The molecule has 2 rings (SSSR count). The Balaban J connectivity index is 2.18. The quantitative estimate of drug-likeness (QED) is 0.444. The van der Waals surface area contributed by atoms with E-state index in [0.29, 0.717) is 16.8 Å². The van der Waals surface area contributed by atoms with Crippen LogP contribution in [-0.4, -0.2) is 15.8 Å². The van der Waals surface area contributed by atoms with Gasteiger partial charge in [0.15, 0.2) is 0 Å². The van der Waals surface area contributed by atoms with Gasteiger partial charge in [0.25, 0.3) is 11.4 Å². The molecule has 0 aromatic heterocycles. The van der Waals surface area contributed by atoms with Crippen molar-refractivity contribution in [1.29, 1.82) is 0 Å². The topological polar surface area (TPSA) is 115 Å². The molecule has 8 nitrogen and oxygen atoms in total. The van der Waals surface area contributed by atoms with Gasteiger partial charge in [0, 0.05) is 23.9 Å². The molecule has 0 radical (unpaired) electrons. The Morgan fingerprint density at radius 1 is 1.04 bits per heavy atom. The van der Waals surface area contributed by atoms with Gasteiger partial charge in [-0.2, -0.15) is 0 Å². The zero-order chi connectivity index (χ0) is 19.4. The van der Waals surface area contributed by atoms with Crippen LogP contribution in [0.5, 0.6) is 0 Å². The van der Waals surface area contributed by atoms with Crippen molar-refractivity contribution < 1.29 is 14.6 Å². The zero-order valence-electron chi connectivity index (χ0n) is 13.2. The first kappa shape index (κ1) is 19.4. The van der Waals surface area contributed by atoms with E-state index in [1.807, 2.05) is 0 Å². The van der Waals surface area contributed by atoms with Gasteiger partial charge in [0.1, 0.15) is 10.0 Å². The normalized spacial score (nSPS) is 10.7. The Labute approximate surface area is 157 Å². The molecular weight excluding hydrogens is 385 g/mol. The minimum atomic E-state index is -0.623. The first-order valence-electron chi connectivity index (χ1n) is 7.06. The molecule has 1 amide bonds. The molecule has 0 aliphatic heterocycles. The number of hydrogen-bond acceptors (Lipinski definition) is 5. The highest BCUT2D eigenvalue weighted by atomic mass is 35.5. The second-order valence-electron chi connectivity index (χ2n) is 5.17. The first-order valence-corrected chi connectivity index (χ1v) is 7.82. The molecule has 2 aromatic carbocycles. The SMILES string of the molecule is Cc1cc([N+](=O)[O-])c(Cl)cc1NC(=O)/C=C/c1ccc(Cl)c([N+](=O)[O-])c1. The number of halogens is 2. The number of hydrogen-bond donors (Lipinski definition) is 1. The number of anilines is 1. The van der Waals surface area contributed by atoms with Crippen molar-refractivity contribution in [1.82, 2.24) is 0 Å². The number of aryl methyl sites for hydroxylation is 1. The van der Waals surface area contributed by atoms with Gasteiger partial charge < -0.3 is 5.32 Å². The Morgan fingerprint density at radius 2 is 1.65 bits per heavy atom. The summed E-state index contributed by atoms with van der Waals surface area (Å²) in [4.78, 5) is 32.5. The second-order valence-corrected chi connectivity index (χ2v) is 5.98. The largest absolute Gasteiger partial charge is 0.322 e.